The molecule has 0 aromatic rings. The van der Waals surface area contributed by atoms with Gasteiger partial charge in [-0.15, -0.1) is 0 Å². The van der Waals surface area contributed by atoms with Gasteiger partial charge in [-0.2, -0.15) is 0 Å². The fourth-order valence-corrected chi connectivity index (χ4v) is 3.80. The Labute approximate surface area is 139 Å². The molecule has 4 unspecified atom stereocenters. The molecule has 0 spiro atoms. The zero-order chi connectivity index (χ0) is 17.0. The number of nitrogens with one attached hydrogen (secondary N) is 1. The van der Waals surface area contributed by atoms with Crippen molar-refractivity contribution in [3.63, 3.8) is 0 Å². The minimum absolute atomic E-state index is 0.117. The number of hydrogen-bond acceptors (Lipinski definition) is 4. The van der Waals surface area contributed by atoms with Crippen LogP contribution in [0.3, 0.4) is 0 Å². The minimum atomic E-state index is -0.491. The van der Waals surface area contributed by atoms with Gasteiger partial charge in [0.25, 0.3) is 0 Å². The molecule has 0 aromatic carbocycles. The Morgan fingerprint density at radius 2 is 2.04 bits per heavy atom. The number of carbonyl (C=O) groups excluding carboxylic acids is 2. The maximum absolute atomic E-state index is 12.5. The second kappa shape index (κ2) is 7.51. The van der Waals surface area contributed by atoms with Gasteiger partial charge in [0, 0.05) is 24.7 Å². The second-order valence-electron chi connectivity index (χ2n) is 8.01. The Hall–Kier alpha value is -1.30. The van der Waals surface area contributed by atoms with Crippen LogP contribution in [-0.4, -0.2) is 47.7 Å². The van der Waals surface area contributed by atoms with Crippen LogP contribution in [0.4, 0.5) is 4.79 Å². The van der Waals surface area contributed by atoms with Gasteiger partial charge in [0.05, 0.1) is 0 Å². The maximum Gasteiger partial charge on any atom is 0.410 e. The first kappa shape index (κ1) is 18.0. The molecule has 1 saturated heterocycles. The van der Waals surface area contributed by atoms with Crippen LogP contribution in [0, 0.1) is 5.92 Å². The zero-order valence-electron chi connectivity index (χ0n) is 14.6. The third-order valence-electron chi connectivity index (χ3n) is 4.83. The van der Waals surface area contributed by atoms with E-state index in [9.17, 15) is 9.59 Å². The number of rotatable bonds is 4. The summed E-state index contributed by atoms with van der Waals surface area (Å²) in [5, 5.41) is 2.87. The number of hydrogen-bond donors (Lipinski definition) is 2. The Morgan fingerprint density at radius 1 is 1.30 bits per heavy atom. The normalized spacial score (nSPS) is 31.7. The van der Waals surface area contributed by atoms with E-state index in [4.69, 9.17) is 10.5 Å². The standard InChI is InChI=1S/C17H31N3O3/c1-17(2,3)23-16(22)20-7-6-14(19-11-21)10-15(20)9-12-4-5-13(18)8-12/h11-15H,4-10,18H2,1-3H3,(H,19,21). The first-order valence-corrected chi connectivity index (χ1v) is 8.73. The number of ether oxygens (including phenoxy) is 1. The molecule has 6 heteroatoms. The lowest BCUT2D eigenvalue weighted by Crippen LogP contribution is -2.52. The fraction of sp³-hybridized carbons (Fsp3) is 0.882. The van der Waals surface area contributed by atoms with E-state index < -0.39 is 5.60 Å². The van der Waals surface area contributed by atoms with Crippen LogP contribution in [0.5, 0.6) is 0 Å². The van der Waals surface area contributed by atoms with Gasteiger partial charge in [0.15, 0.2) is 0 Å². The topological polar surface area (TPSA) is 84.7 Å². The van der Waals surface area contributed by atoms with Crippen molar-refractivity contribution in [1.29, 1.82) is 0 Å². The fourth-order valence-electron chi connectivity index (χ4n) is 3.80. The monoisotopic (exact) mass is 325 g/mol. The van der Waals surface area contributed by atoms with Crippen molar-refractivity contribution in [2.45, 2.75) is 83.0 Å². The number of piperidine rings is 1. The van der Waals surface area contributed by atoms with Crippen molar-refractivity contribution in [1.82, 2.24) is 10.2 Å². The van der Waals surface area contributed by atoms with Gasteiger partial charge in [-0.3, -0.25) is 4.79 Å². The van der Waals surface area contributed by atoms with E-state index in [2.05, 4.69) is 5.32 Å². The Balaban J connectivity index is 2.01. The van der Waals surface area contributed by atoms with E-state index in [-0.39, 0.29) is 18.2 Å². The Kier molecular flexibility index (Phi) is 5.89. The first-order valence-electron chi connectivity index (χ1n) is 8.73. The molecule has 0 bridgehead atoms. The molecule has 0 aromatic heterocycles. The van der Waals surface area contributed by atoms with E-state index in [1.807, 2.05) is 25.7 Å². The zero-order valence-corrected chi connectivity index (χ0v) is 14.6. The van der Waals surface area contributed by atoms with Gasteiger partial charge in [-0.25, -0.2) is 4.79 Å². The SMILES string of the molecule is CC(C)(C)OC(=O)N1CCC(NC=O)CC1CC1CCC(N)C1. The molecule has 3 N–H and O–H groups in total. The highest BCUT2D eigenvalue weighted by Gasteiger charge is 2.36. The summed E-state index contributed by atoms with van der Waals surface area (Å²) >= 11 is 0. The summed E-state index contributed by atoms with van der Waals surface area (Å²) in [6, 6.07) is 0.556. The molecule has 6 nitrogen and oxygen atoms in total. The van der Waals surface area contributed by atoms with Gasteiger partial charge < -0.3 is 20.7 Å². The summed E-state index contributed by atoms with van der Waals surface area (Å²) in [6.45, 7) is 6.29. The predicted octanol–water partition coefficient (Wildman–Crippen LogP) is 2.02. The van der Waals surface area contributed by atoms with E-state index in [1.54, 1.807) is 0 Å². The van der Waals surface area contributed by atoms with Crippen LogP contribution in [0.2, 0.25) is 0 Å². The van der Waals surface area contributed by atoms with Crippen LogP contribution in [-0.2, 0) is 9.53 Å². The van der Waals surface area contributed by atoms with Crippen LogP contribution in [0.15, 0.2) is 0 Å². The summed E-state index contributed by atoms with van der Waals surface area (Å²) in [5.74, 6) is 0.565. The lowest BCUT2D eigenvalue weighted by atomic mass is 9.89. The van der Waals surface area contributed by atoms with E-state index in [1.165, 1.54) is 0 Å². The van der Waals surface area contributed by atoms with Crippen LogP contribution < -0.4 is 11.1 Å². The van der Waals surface area contributed by atoms with E-state index in [0.717, 1.165) is 44.9 Å². The molecular formula is C17H31N3O3. The highest BCUT2D eigenvalue weighted by molar-refractivity contribution is 5.68. The Morgan fingerprint density at radius 3 is 2.61 bits per heavy atom. The summed E-state index contributed by atoms with van der Waals surface area (Å²) in [6.07, 6.45) is 6.27. The number of likely N-dealkylation sites (tertiary alicyclic amines) is 1. The average Bonchev–Trinajstić information content (AvgIpc) is 2.82. The number of nitrogens with zero attached hydrogens (tertiary/aromatic N) is 1. The number of carbonyl (C=O) groups is 2. The van der Waals surface area contributed by atoms with Crippen LogP contribution in [0.25, 0.3) is 0 Å². The molecule has 23 heavy (non-hydrogen) atoms. The van der Waals surface area contributed by atoms with Crippen LogP contribution in [0.1, 0.15) is 59.3 Å². The van der Waals surface area contributed by atoms with E-state index >= 15 is 0 Å². The molecule has 132 valence electrons. The number of amides is 2. The maximum atomic E-state index is 12.5. The quantitative estimate of drug-likeness (QED) is 0.775. The first-order chi connectivity index (χ1) is 10.8. The highest BCUT2D eigenvalue weighted by Crippen LogP contribution is 2.33. The lowest BCUT2D eigenvalue weighted by Gasteiger charge is -2.40. The predicted molar refractivity (Wildman–Crippen MR) is 88.9 cm³/mol. The molecular weight excluding hydrogens is 294 g/mol. The van der Waals surface area contributed by atoms with Crippen molar-refractivity contribution >= 4 is 12.5 Å². The molecule has 0 radical (unpaired) electrons. The molecule has 2 fully saturated rings. The largest absolute Gasteiger partial charge is 0.444 e. The van der Waals surface area contributed by atoms with Crippen molar-refractivity contribution in [2.24, 2.45) is 11.7 Å². The van der Waals surface area contributed by atoms with Gasteiger partial charge >= 0.3 is 6.09 Å². The van der Waals surface area contributed by atoms with E-state index in [0.29, 0.717) is 18.5 Å². The highest BCUT2D eigenvalue weighted by atomic mass is 16.6. The lowest BCUT2D eigenvalue weighted by molar-refractivity contribution is -0.110. The van der Waals surface area contributed by atoms with Crippen molar-refractivity contribution in [3.05, 3.63) is 0 Å². The molecule has 2 amide bonds. The Bertz CT molecular complexity index is 422. The summed E-state index contributed by atoms with van der Waals surface area (Å²) in [5.41, 5.74) is 5.53. The van der Waals surface area contributed by atoms with Gasteiger partial charge in [-0.1, -0.05) is 0 Å². The molecule has 1 saturated carbocycles. The number of nitrogens with two attached hydrogens (primary N) is 1. The summed E-state index contributed by atoms with van der Waals surface area (Å²) in [4.78, 5) is 25.1. The smallest absolute Gasteiger partial charge is 0.410 e. The minimum Gasteiger partial charge on any atom is -0.444 e. The summed E-state index contributed by atoms with van der Waals surface area (Å²) < 4.78 is 5.56. The van der Waals surface area contributed by atoms with Crippen molar-refractivity contribution < 1.29 is 14.3 Å². The second-order valence-corrected chi connectivity index (χ2v) is 8.01. The van der Waals surface area contributed by atoms with Crippen LogP contribution >= 0.6 is 0 Å². The van der Waals surface area contributed by atoms with Gasteiger partial charge in [0.2, 0.25) is 6.41 Å². The molecule has 2 rings (SSSR count). The average molecular weight is 325 g/mol. The molecule has 4 atom stereocenters. The van der Waals surface area contributed by atoms with Gasteiger partial charge in [0.1, 0.15) is 5.60 Å². The van der Waals surface area contributed by atoms with Crippen molar-refractivity contribution in [2.75, 3.05) is 6.54 Å². The molecule has 1 aliphatic carbocycles. The third-order valence-corrected chi connectivity index (χ3v) is 4.83. The third kappa shape index (κ3) is 5.37. The summed E-state index contributed by atoms with van der Waals surface area (Å²) in [7, 11) is 0. The molecule has 1 heterocycles. The van der Waals surface area contributed by atoms with Crippen molar-refractivity contribution in [3.8, 4) is 0 Å². The van der Waals surface area contributed by atoms with Gasteiger partial charge in [-0.05, 0) is 65.2 Å². The molecule has 2 aliphatic rings. The molecule has 1 aliphatic heterocycles.